The van der Waals surface area contributed by atoms with Gasteiger partial charge in [0.25, 0.3) is 0 Å². The van der Waals surface area contributed by atoms with Gasteiger partial charge < -0.3 is 10.1 Å². The Bertz CT molecular complexity index is 702. The van der Waals surface area contributed by atoms with Crippen molar-refractivity contribution in [1.82, 2.24) is 5.32 Å². The van der Waals surface area contributed by atoms with E-state index in [1.807, 2.05) is 6.07 Å². The Balaban J connectivity index is 1.77. The number of carbonyl (C=O) groups excluding carboxylic acids is 1. The standard InChI is InChI=1S/C18H17ClF3NO2/c19-16-4-2-1-3-15(16)9-17(24)23-10-13-5-7-14(8-6-13)11-25-12-18(20,21)22/h1-8H,9-12H2,(H,23,24). The first-order chi connectivity index (χ1) is 11.8. The molecule has 0 bridgehead atoms. The molecule has 0 heterocycles. The molecular weight excluding hydrogens is 355 g/mol. The minimum absolute atomic E-state index is 0.112. The van der Waals surface area contributed by atoms with Crippen LogP contribution >= 0.6 is 11.6 Å². The largest absolute Gasteiger partial charge is 0.411 e. The number of carbonyl (C=O) groups is 1. The highest BCUT2D eigenvalue weighted by Crippen LogP contribution is 2.16. The molecule has 0 radical (unpaired) electrons. The molecule has 1 amide bonds. The highest BCUT2D eigenvalue weighted by molar-refractivity contribution is 6.31. The van der Waals surface area contributed by atoms with Crippen LogP contribution in [0.2, 0.25) is 5.02 Å². The molecule has 1 N–H and O–H groups in total. The molecule has 0 aliphatic heterocycles. The van der Waals surface area contributed by atoms with E-state index in [4.69, 9.17) is 11.6 Å². The smallest absolute Gasteiger partial charge is 0.367 e. The van der Waals surface area contributed by atoms with Crippen LogP contribution in [0.25, 0.3) is 0 Å². The van der Waals surface area contributed by atoms with Gasteiger partial charge in [0.2, 0.25) is 5.91 Å². The Labute approximate surface area is 148 Å². The molecule has 0 saturated heterocycles. The highest BCUT2D eigenvalue weighted by atomic mass is 35.5. The van der Waals surface area contributed by atoms with E-state index in [1.54, 1.807) is 42.5 Å². The van der Waals surface area contributed by atoms with Gasteiger partial charge in [0.15, 0.2) is 0 Å². The normalized spacial score (nSPS) is 11.4. The molecule has 0 fully saturated rings. The van der Waals surface area contributed by atoms with Crippen molar-refractivity contribution in [2.45, 2.75) is 25.7 Å². The molecule has 7 heteroatoms. The van der Waals surface area contributed by atoms with Crippen LogP contribution in [0.1, 0.15) is 16.7 Å². The third kappa shape index (κ3) is 7.15. The third-order valence-electron chi connectivity index (χ3n) is 3.36. The van der Waals surface area contributed by atoms with Gasteiger partial charge in [0, 0.05) is 11.6 Å². The zero-order valence-electron chi connectivity index (χ0n) is 13.3. The first kappa shape index (κ1) is 19.3. The zero-order valence-corrected chi connectivity index (χ0v) is 14.0. The summed E-state index contributed by atoms with van der Waals surface area (Å²) in [7, 11) is 0. The molecule has 0 spiro atoms. The van der Waals surface area contributed by atoms with Crippen LogP contribution in [0.5, 0.6) is 0 Å². The first-order valence-electron chi connectivity index (χ1n) is 7.56. The van der Waals surface area contributed by atoms with Gasteiger partial charge in [-0.3, -0.25) is 4.79 Å². The van der Waals surface area contributed by atoms with Crippen molar-refractivity contribution < 1.29 is 22.7 Å². The monoisotopic (exact) mass is 371 g/mol. The van der Waals surface area contributed by atoms with Gasteiger partial charge in [-0.25, -0.2) is 0 Å². The summed E-state index contributed by atoms with van der Waals surface area (Å²) >= 11 is 6.01. The van der Waals surface area contributed by atoms with Gasteiger partial charge in [-0.1, -0.05) is 54.1 Å². The molecule has 0 atom stereocenters. The fourth-order valence-corrected chi connectivity index (χ4v) is 2.32. The van der Waals surface area contributed by atoms with Crippen LogP contribution in [0, 0.1) is 0 Å². The lowest BCUT2D eigenvalue weighted by Crippen LogP contribution is -2.24. The quantitative estimate of drug-likeness (QED) is 0.789. The first-order valence-corrected chi connectivity index (χ1v) is 7.94. The Morgan fingerprint density at radius 3 is 2.32 bits per heavy atom. The lowest BCUT2D eigenvalue weighted by molar-refractivity contribution is -0.176. The van der Waals surface area contributed by atoms with Crippen molar-refractivity contribution in [3.05, 3.63) is 70.2 Å². The second kappa shape index (κ2) is 8.87. The van der Waals surface area contributed by atoms with Crippen molar-refractivity contribution in [2.75, 3.05) is 6.61 Å². The van der Waals surface area contributed by atoms with Crippen molar-refractivity contribution in [1.29, 1.82) is 0 Å². The van der Waals surface area contributed by atoms with Crippen LogP contribution in [0.3, 0.4) is 0 Å². The van der Waals surface area contributed by atoms with Gasteiger partial charge in [0.1, 0.15) is 6.61 Å². The van der Waals surface area contributed by atoms with Crippen LogP contribution < -0.4 is 5.32 Å². The number of benzene rings is 2. The van der Waals surface area contributed by atoms with E-state index >= 15 is 0 Å². The number of hydrogen-bond donors (Lipinski definition) is 1. The molecule has 134 valence electrons. The summed E-state index contributed by atoms with van der Waals surface area (Å²) in [6.45, 7) is -1.06. The fourth-order valence-electron chi connectivity index (χ4n) is 2.12. The molecule has 25 heavy (non-hydrogen) atoms. The minimum atomic E-state index is -4.33. The number of rotatable bonds is 7. The van der Waals surface area contributed by atoms with E-state index in [1.165, 1.54) is 0 Å². The van der Waals surface area contributed by atoms with E-state index < -0.39 is 12.8 Å². The summed E-state index contributed by atoms with van der Waals surface area (Å²) in [4.78, 5) is 11.9. The lowest BCUT2D eigenvalue weighted by atomic mass is 10.1. The Morgan fingerprint density at radius 1 is 1.04 bits per heavy atom. The van der Waals surface area contributed by atoms with Crippen LogP contribution in [0.4, 0.5) is 13.2 Å². The van der Waals surface area contributed by atoms with Gasteiger partial charge in [0.05, 0.1) is 13.0 Å². The summed E-state index contributed by atoms with van der Waals surface area (Å²) in [6, 6.07) is 13.9. The summed E-state index contributed by atoms with van der Waals surface area (Å²) in [5.41, 5.74) is 2.22. The Morgan fingerprint density at radius 2 is 1.68 bits per heavy atom. The Hall–Kier alpha value is -2.05. The molecule has 2 aromatic rings. The predicted octanol–water partition coefficient (Wildman–Crippen LogP) is 4.28. The number of amides is 1. The predicted molar refractivity (Wildman–Crippen MR) is 89.2 cm³/mol. The van der Waals surface area contributed by atoms with Gasteiger partial charge in [-0.15, -0.1) is 0 Å². The maximum Gasteiger partial charge on any atom is 0.411 e. The SMILES string of the molecule is O=C(Cc1ccccc1Cl)NCc1ccc(COCC(F)(F)F)cc1. The lowest BCUT2D eigenvalue weighted by Gasteiger charge is -2.09. The second-order valence-electron chi connectivity index (χ2n) is 5.47. The van der Waals surface area contributed by atoms with Gasteiger partial charge >= 0.3 is 6.18 Å². The Kier molecular flexibility index (Phi) is 6.84. The minimum Gasteiger partial charge on any atom is -0.367 e. The van der Waals surface area contributed by atoms with Gasteiger partial charge in [-0.05, 0) is 22.8 Å². The van der Waals surface area contributed by atoms with Crippen LogP contribution in [-0.4, -0.2) is 18.7 Å². The molecule has 0 aromatic heterocycles. The highest BCUT2D eigenvalue weighted by Gasteiger charge is 2.27. The zero-order chi connectivity index (χ0) is 18.3. The molecule has 0 saturated carbocycles. The van der Waals surface area contributed by atoms with Crippen LogP contribution in [0.15, 0.2) is 48.5 Å². The molecule has 2 aromatic carbocycles. The number of halogens is 4. The molecule has 0 aliphatic carbocycles. The topological polar surface area (TPSA) is 38.3 Å². The summed E-state index contributed by atoms with van der Waals surface area (Å²) in [6.07, 6.45) is -4.14. The van der Waals surface area contributed by atoms with E-state index in [2.05, 4.69) is 10.1 Å². The van der Waals surface area contributed by atoms with E-state index in [0.29, 0.717) is 17.1 Å². The second-order valence-corrected chi connectivity index (χ2v) is 5.88. The third-order valence-corrected chi connectivity index (χ3v) is 3.72. The van der Waals surface area contributed by atoms with E-state index in [-0.39, 0.29) is 18.9 Å². The summed E-state index contributed by atoms with van der Waals surface area (Å²) in [5.74, 6) is -0.161. The summed E-state index contributed by atoms with van der Waals surface area (Å²) in [5, 5.41) is 3.32. The molecule has 0 aliphatic rings. The maximum absolute atomic E-state index is 12.0. The van der Waals surface area contributed by atoms with Crippen molar-refractivity contribution >= 4 is 17.5 Å². The number of nitrogens with one attached hydrogen (secondary N) is 1. The fraction of sp³-hybridized carbons (Fsp3) is 0.278. The summed E-state index contributed by atoms with van der Waals surface area (Å²) < 4.78 is 40.6. The number of alkyl halides is 3. The van der Waals surface area contributed by atoms with Gasteiger partial charge in [-0.2, -0.15) is 13.2 Å². The average Bonchev–Trinajstić information content (AvgIpc) is 2.55. The van der Waals surface area contributed by atoms with Crippen molar-refractivity contribution in [3.63, 3.8) is 0 Å². The van der Waals surface area contributed by atoms with Crippen LogP contribution in [-0.2, 0) is 29.1 Å². The van der Waals surface area contributed by atoms with Crippen molar-refractivity contribution in [3.8, 4) is 0 Å². The van der Waals surface area contributed by atoms with Crippen molar-refractivity contribution in [2.24, 2.45) is 0 Å². The van der Waals surface area contributed by atoms with E-state index in [0.717, 1.165) is 11.1 Å². The molecule has 0 unspecified atom stereocenters. The number of ether oxygens (including phenoxy) is 1. The maximum atomic E-state index is 12.0. The average molecular weight is 372 g/mol. The molecule has 2 rings (SSSR count). The van der Waals surface area contributed by atoms with E-state index in [9.17, 15) is 18.0 Å². The molecular formula is C18H17ClF3NO2. The molecule has 3 nitrogen and oxygen atoms in total. The number of hydrogen-bond acceptors (Lipinski definition) is 2.